The lowest BCUT2D eigenvalue weighted by atomic mass is 10.2. The van der Waals surface area contributed by atoms with Crippen molar-refractivity contribution in [1.29, 1.82) is 0 Å². The summed E-state index contributed by atoms with van der Waals surface area (Å²) in [4.78, 5) is 8.35. The van der Waals surface area contributed by atoms with Crippen LogP contribution >= 0.6 is 11.6 Å². The minimum atomic E-state index is 0.544. The van der Waals surface area contributed by atoms with E-state index in [0.29, 0.717) is 10.9 Å². The lowest BCUT2D eigenvalue weighted by molar-refractivity contribution is 0.397. The number of aliphatic imine (C=N–C) groups is 1. The average molecular weight is 212 g/mol. The fraction of sp³-hybridized carbons (Fsp3) is 0.333. The van der Waals surface area contributed by atoms with Gasteiger partial charge in [0.25, 0.3) is 0 Å². The number of pyridine rings is 1. The number of halogens is 1. The highest BCUT2D eigenvalue weighted by atomic mass is 35.5. The molecule has 0 spiro atoms. The summed E-state index contributed by atoms with van der Waals surface area (Å²) in [6.07, 6.45) is 1.55. The highest BCUT2D eigenvalue weighted by Gasteiger charge is 2.14. The summed E-state index contributed by atoms with van der Waals surface area (Å²) in [6, 6.07) is 1.80. The molecule has 1 aromatic heterocycles. The molecule has 1 aliphatic rings. The molecule has 0 amide bonds. The van der Waals surface area contributed by atoms with Crippen LogP contribution in [0.3, 0.4) is 0 Å². The Labute approximate surface area is 87.0 Å². The molecular formula is C9H10ClN3O. The van der Waals surface area contributed by atoms with Crippen molar-refractivity contribution in [3.63, 3.8) is 0 Å². The molecule has 0 saturated heterocycles. The molecule has 2 rings (SSSR count). The van der Waals surface area contributed by atoms with Gasteiger partial charge in [0.05, 0.1) is 24.2 Å². The molecule has 1 aliphatic heterocycles. The van der Waals surface area contributed by atoms with Gasteiger partial charge in [-0.2, -0.15) is 0 Å². The normalized spacial score (nSPS) is 14.9. The van der Waals surface area contributed by atoms with E-state index in [-0.39, 0.29) is 0 Å². The summed E-state index contributed by atoms with van der Waals surface area (Å²) < 4.78 is 5.12. The summed E-state index contributed by atoms with van der Waals surface area (Å²) in [5.74, 6) is 1.35. The number of hydrogen-bond donors (Lipinski definition) is 1. The number of nitrogens with one attached hydrogen (secondary N) is 1. The van der Waals surface area contributed by atoms with E-state index in [2.05, 4.69) is 15.3 Å². The molecule has 4 nitrogen and oxygen atoms in total. The van der Waals surface area contributed by atoms with Gasteiger partial charge in [-0.05, 0) is 6.07 Å². The summed E-state index contributed by atoms with van der Waals surface area (Å²) in [5.41, 5.74) is 0.817. The van der Waals surface area contributed by atoms with Crippen LogP contribution in [0, 0.1) is 0 Å². The number of ether oxygens (including phenoxy) is 1. The molecule has 1 aromatic rings. The zero-order valence-corrected chi connectivity index (χ0v) is 8.51. The Bertz CT molecular complexity index is 378. The van der Waals surface area contributed by atoms with Crippen molar-refractivity contribution in [2.45, 2.75) is 0 Å². The Morgan fingerprint density at radius 3 is 3.07 bits per heavy atom. The molecule has 0 atom stereocenters. The summed E-state index contributed by atoms with van der Waals surface area (Å²) in [6.45, 7) is 1.63. The molecule has 0 saturated carbocycles. The quantitative estimate of drug-likeness (QED) is 0.797. The first-order chi connectivity index (χ1) is 6.81. The van der Waals surface area contributed by atoms with Crippen LogP contribution in [0.1, 0.15) is 5.56 Å². The van der Waals surface area contributed by atoms with Gasteiger partial charge in [-0.25, -0.2) is 4.98 Å². The Morgan fingerprint density at radius 2 is 2.43 bits per heavy atom. The van der Waals surface area contributed by atoms with Crippen molar-refractivity contribution in [3.05, 3.63) is 22.8 Å². The van der Waals surface area contributed by atoms with Crippen molar-refractivity contribution in [1.82, 2.24) is 10.3 Å². The third kappa shape index (κ3) is 1.65. The Kier molecular flexibility index (Phi) is 2.54. The first kappa shape index (κ1) is 9.27. The van der Waals surface area contributed by atoms with Crippen molar-refractivity contribution in [3.8, 4) is 5.88 Å². The standard InChI is InChI=1S/C9H10ClN3O/c1-14-9-7(4-6(10)5-13-9)8-11-2-3-12-8/h4-5H,2-3H2,1H3,(H,11,12). The van der Waals surface area contributed by atoms with Crippen molar-refractivity contribution in [2.24, 2.45) is 4.99 Å². The van der Waals surface area contributed by atoms with Crippen molar-refractivity contribution < 1.29 is 4.74 Å². The predicted molar refractivity (Wildman–Crippen MR) is 55.2 cm³/mol. The van der Waals surface area contributed by atoms with Crippen LogP contribution in [0.25, 0.3) is 0 Å². The van der Waals surface area contributed by atoms with Crippen LogP contribution in [0.15, 0.2) is 17.3 Å². The molecule has 5 heteroatoms. The summed E-state index contributed by atoms with van der Waals surface area (Å²) >= 11 is 5.85. The van der Waals surface area contributed by atoms with Gasteiger partial charge >= 0.3 is 0 Å². The van der Waals surface area contributed by atoms with Crippen LogP contribution in [0.5, 0.6) is 5.88 Å². The van der Waals surface area contributed by atoms with Gasteiger partial charge in [-0.3, -0.25) is 4.99 Å². The molecule has 74 valence electrons. The molecular weight excluding hydrogens is 202 g/mol. The number of amidine groups is 1. The fourth-order valence-electron chi connectivity index (χ4n) is 1.34. The van der Waals surface area contributed by atoms with Crippen LogP contribution in [-0.4, -0.2) is 31.0 Å². The average Bonchev–Trinajstić information content (AvgIpc) is 2.70. The Morgan fingerprint density at radius 1 is 1.57 bits per heavy atom. The highest BCUT2D eigenvalue weighted by molar-refractivity contribution is 6.30. The van der Waals surface area contributed by atoms with Gasteiger partial charge < -0.3 is 10.1 Å². The number of aromatic nitrogens is 1. The van der Waals surface area contributed by atoms with Gasteiger partial charge in [-0.1, -0.05) is 11.6 Å². The zero-order chi connectivity index (χ0) is 9.97. The third-order valence-corrected chi connectivity index (χ3v) is 2.15. The Balaban J connectivity index is 2.43. The second-order valence-electron chi connectivity index (χ2n) is 2.87. The molecule has 0 unspecified atom stereocenters. The number of hydrogen-bond acceptors (Lipinski definition) is 4. The Hall–Kier alpha value is -1.29. The van der Waals surface area contributed by atoms with Crippen molar-refractivity contribution in [2.75, 3.05) is 20.2 Å². The first-order valence-electron chi connectivity index (χ1n) is 4.29. The topological polar surface area (TPSA) is 46.5 Å². The summed E-state index contributed by atoms with van der Waals surface area (Å²) in [7, 11) is 1.58. The van der Waals surface area contributed by atoms with E-state index in [1.54, 1.807) is 19.4 Å². The fourth-order valence-corrected chi connectivity index (χ4v) is 1.50. The van der Waals surface area contributed by atoms with E-state index >= 15 is 0 Å². The van der Waals surface area contributed by atoms with Crippen LogP contribution in [-0.2, 0) is 0 Å². The van der Waals surface area contributed by atoms with E-state index in [1.807, 2.05) is 0 Å². The molecule has 0 aliphatic carbocycles. The minimum absolute atomic E-state index is 0.544. The monoisotopic (exact) mass is 211 g/mol. The van der Waals surface area contributed by atoms with Crippen LogP contribution in [0.4, 0.5) is 0 Å². The molecule has 2 heterocycles. The summed E-state index contributed by atoms with van der Waals surface area (Å²) in [5, 5.41) is 3.73. The number of methoxy groups -OCH3 is 1. The van der Waals surface area contributed by atoms with Gasteiger partial charge in [0.1, 0.15) is 5.84 Å². The molecule has 0 radical (unpaired) electrons. The van der Waals surface area contributed by atoms with Gasteiger partial charge in [-0.15, -0.1) is 0 Å². The maximum absolute atomic E-state index is 5.85. The van der Waals surface area contributed by atoms with E-state index in [4.69, 9.17) is 16.3 Å². The van der Waals surface area contributed by atoms with E-state index in [1.165, 1.54) is 0 Å². The maximum Gasteiger partial charge on any atom is 0.224 e. The van der Waals surface area contributed by atoms with Gasteiger partial charge in [0, 0.05) is 12.7 Å². The second-order valence-corrected chi connectivity index (χ2v) is 3.30. The molecule has 14 heavy (non-hydrogen) atoms. The zero-order valence-electron chi connectivity index (χ0n) is 7.75. The van der Waals surface area contributed by atoms with Gasteiger partial charge in [0.2, 0.25) is 5.88 Å². The third-order valence-electron chi connectivity index (χ3n) is 1.94. The highest BCUT2D eigenvalue weighted by Crippen LogP contribution is 2.20. The van der Waals surface area contributed by atoms with Gasteiger partial charge in [0.15, 0.2) is 0 Å². The van der Waals surface area contributed by atoms with E-state index < -0.39 is 0 Å². The van der Waals surface area contributed by atoms with Crippen LogP contribution < -0.4 is 10.1 Å². The maximum atomic E-state index is 5.85. The molecule has 1 N–H and O–H groups in total. The molecule has 0 bridgehead atoms. The first-order valence-corrected chi connectivity index (χ1v) is 4.67. The number of rotatable bonds is 2. The van der Waals surface area contributed by atoms with E-state index in [9.17, 15) is 0 Å². The molecule has 0 aromatic carbocycles. The molecule has 0 fully saturated rings. The minimum Gasteiger partial charge on any atom is -0.480 e. The number of nitrogens with zero attached hydrogens (tertiary/aromatic N) is 2. The smallest absolute Gasteiger partial charge is 0.224 e. The largest absolute Gasteiger partial charge is 0.480 e. The lowest BCUT2D eigenvalue weighted by Crippen LogP contribution is -2.20. The lowest BCUT2D eigenvalue weighted by Gasteiger charge is -2.07. The SMILES string of the molecule is COc1ncc(Cl)cc1C1=NCCN1. The van der Waals surface area contributed by atoms with E-state index in [0.717, 1.165) is 24.5 Å². The predicted octanol–water partition coefficient (Wildman–Crippen LogP) is 1.09. The van der Waals surface area contributed by atoms with Crippen LogP contribution in [0.2, 0.25) is 5.02 Å². The second kappa shape index (κ2) is 3.84. The van der Waals surface area contributed by atoms with Crippen molar-refractivity contribution >= 4 is 17.4 Å².